The molecule has 0 saturated heterocycles. The minimum absolute atomic E-state index is 0.0761. The number of nitrogens with zero attached hydrogens (tertiary/aromatic N) is 1. The highest BCUT2D eigenvalue weighted by Gasteiger charge is 2.34. The van der Waals surface area contributed by atoms with Gasteiger partial charge in [-0.2, -0.15) is 0 Å². The standard InChI is InChI=1S/C27H23ClN2O5/c28-17-11-16(26(33)30(14-25(31)32)19-9-10-19)12-18(13-17)29-27(34)35-15-24-22-7-3-1-5-20(22)21-6-2-4-8-23(21)24/h1-8,11-13,19,24H,9-10,14-15H2,(H,29,34)(H,31,32). The number of carboxylic acids is 1. The van der Waals surface area contributed by atoms with E-state index >= 15 is 0 Å². The highest BCUT2D eigenvalue weighted by Crippen LogP contribution is 2.44. The van der Waals surface area contributed by atoms with Gasteiger partial charge in [-0.1, -0.05) is 60.1 Å². The molecule has 7 nitrogen and oxygen atoms in total. The smallest absolute Gasteiger partial charge is 0.411 e. The summed E-state index contributed by atoms with van der Waals surface area (Å²) in [6.45, 7) is -0.231. The Kier molecular flexibility index (Phi) is 6.17. The highest BCUT2D eigenvalue weighted by molar-refractivity contribution is 6.31. The zero-order valence-electron chi connectivity index (χ0n) is 18.7. The van der Waals surface area contributed by atoms with Crippen LogP contribution in [0.2, 0.25) is 5.02 Å². The van der Waals surface area contributed by atoms with E-state index in [-0.39, 0.29) is 35.7 Å². The summed E-state index contributed by atoms with van der Waals surface area (Å²) in [7, 11) is 0. The lowest BCUT2D eigenvalue weighted by Gasteiger charge is -2.21. The van der Waals surface area contributed by atoms with E-state index in [2.05, 4.69) is 17.4 Å². The number of anilines is 1. The molecule has 0 radical (unpaired) electrons. The number of amides is 2. The molecule has 0 aliphatic heterocycles. The van der Waals surface area contributed by atoms with E-state index in [1.165, 1.54) is 23.1 Å². The number of aliphatic carboxylic acids is 1. The SMILES string of the molecule is O=C(O)CN(C(=O)c1cc(Cl)cc(NC(=O)OCC2c3ccccc3-c3ccccc32)c1)C1CC1. The topological polar surface area (TPSA) is 95.9 Å². The largest absolute Gasteiger partial charge is 0.480 e. The molecular weight excluding hydrogens is 468 g/mol. The number of nitrogens with one attached hydrogen (secondary N) is 1. The van der Waals surface area contributed by atoms with Crippen LogP contribution in [0.25, 0.3) is 11.1 Å². The first-order valence-electron chi connectivity index (χ1n) is 11.4. The van der Waals surface area contributed by atoms with E-state index in [1.54, 1.807) is 0 Å². The van der Waals surface area contributed by atoms with Gasteiger partial charge < -0.3 is 14.7 Å². The second kappa shape index (κ2) is 9.43. The van der Waals surface area contributed by atoms with Gasteiger partial charge in [-0.25, -0.2) is 4.79 Å². The monoisotopic (exact) mass is 490 g/mol. The second-order valence-corrected chi connectivity index (χ2v) is 9.17. The van der Waals surface area contributed by atoms with Crippen molar-refractivity contribution in [3.05, 3.63) is 88.4 Å². The molecule has 3 aromatic rings. The van der Waals surface area contributed by atoms with Gasteiger partial charge in [-0.05, 0) is 53.3 Å². The second-order valence-electron chi connectivity index (χ2n) is 8.74. The molecule has 5 rings (SSSR count). The highest BCUT2D eigenvalue weighted by atomic mass is 35.5. The summed E-state index contributed by atoms with van der Waals surface area (Å²) in [5.41, 5.74) is 4.99. The number of carboxylic acid groups (broad SMARTS) is 1. The van der Waals surface area contributed by atoms with Gasteiger partial charge in [-0.15, -0.1) is 0 Å². The van der Waals surface area contributed by atoms with Gasteiger partial charge in [0.25, 0.3) is 5.91 Å². The van der Waals surface area contributed by atoms with Gasteiger partial charge in [0.05, 0.1) is 0 Å². The fraction of sp³-hybridized carbons (Fsp3) is 0.222. The number of carbonyl (C=O) groups excluding carboxylic acids is 2. The van der Waals surface area contributed by atoms with Gasteiger partial charge in [0, 0.05) is 28.2 Å². The number of ether oxygens (including phenoxy) is 1. The number of rotatable bonds is 7. The Morgan fingerprint density at radius 3 is 2.20 bits per heavy atom. The molecule has 2 amide bonds. The zero-order chi connectivity index (χ0) is 24.5. The van der Waals surface area contributed by atoms with Crippen molar-refractivity contribution < 1.29 is 24.2 Å². The molecular formula is C27H23ClN2O5. The molecule has 35 heavy (non-hydrogen) atoms. The molecule has 1 saturated carbocycles. The fourth-order valence-corrected chi connectivity index (χ4v) is 4.84. The number of hydrogen-bond acceptors (Lipinski definition) is 4. The number of benzene rings is 3. The van der Waals surface area contributed by atoms with E-state index in [4.69, 9.17) is 21.4 Å². The lowest BCUT2D eigenvalue weighted by atomic mass is 9.98. The van der Waals surface area contributed by atoms with Crippen molar-refractivity contribution in [1.29, 1.82) is 0 Å². The third-order valence-electron chi connectivity index (χ3n) is 6.29. The van der Waals surface area contributed by atoms with Gasteiger partial charge in [0.2, 0.25) is 0 Å². The van der Waals surface area contributed by atoms with Crippen LogP contribution in [-0.2, 0) is 9.53 Å². The molecule has 0 spiro atoms. The molecule has 0 aromatic heterocycles. The van der Waals surface area contributed by atoms with Crippen LogP contribution in [0.4, 0.5) is 10.5 Å². The van der Waals surface area contributed by atoms with Crippen LogP contribution in [0.1, 0.15) is 40.2 Å². The van der Waals surface area contributed by atoms with Crippen LogP contribution >= 0.6 is 11.6 Å². The quantitative estimate of drug-likeness (QED) is 0.463. The molecule has 2 aliphatic rings. The van der Waals surface area contributed by atoms with Crippen molar-refractivity contribution >= 4 is 35.3 Å². The molecule has 178 valence electrons. The number of fused-ring (bicyclic) bond motifs is 3. The van der Waals surface area contributed by atoms with Gasteiger partial charge in [0.1, 0.15) is 13.2 Å². The van der Waals surface area contributed by atoms with Crippen LogP contribution < -0.4 is 5.32 Å². The molecule has 0 heterocycles. The van der Waals surface area contributed by atoms with Crippen molar-refractivity contribution in [1.82, 2.24) is 4.90 Å². The maximum atomic E-state index is 12.9. The number of carbonyl (C=O) groups is 3. The Hall–Kier alpha value is -3.84. The summed E-state index contributed by atoms with van der Waals surface area (Å²) in [4.78, 5) is 38.1. The van der Waals surface area contributed by atoms with Crippen LogP contribution in [0.3, 0.4) is 0 Å². The molecule has 1 fully saturated rings. The number of hydrogen-bond donors (Lipinski definition) is 2. The van der Waals surface area contributed by atoms with E-state index in [9.17, 15) is 14.4 Å². The first-order chi connectivity index (χ1) is 16.9. The molecule has 0 atom stereocenters. The maximum Gasteiger partial charge on any atom is 0.411 e. The molecule has 2 aliphatic carbocycles. The average molecular weight is 491 g/mol. The Labute approximate surface area is 207 Å². The summed E-state index contributed by atoms with van der Waals surface area (Å²) >= 11 is 6.20. The Balaban J connectivity index is 1.28. The third kappa shape index (κ3) is 4.86. The normalized spacial score (nSPS) is 14.1. The van der Waals surface area contributed by atoms with Crippen molar-refractivity contribution in [3.8, 4) is 11.1 Å². The van der Waals surface area contributed by atoms with Gasteiger partial charge in [0.15, 0.2) is 0 Å². The predicted molar refractivity (Wildman–Crippen MR) is 132 cm³/mol. The number of halogens is 1. The van der Waals surface area contributed by atoms with Crippen LogP contribution in [-0.4, -0.2) is 47.2 Å². The van der Waals surface area contributed by atoms with Crippen LogP contribution in [0, 0.1) is 0 Å². The minimum Gasteiger partial charge on any atom is -0.480 e. The van der Waals surface area contributed by atoms with E-state index in [1.807, 2.05) is 36.4 Å². The van der Waals surface area contributed by atoms with Crippen LogP contribution in [0.15, 0.2) is 66.7 Å². The molecule has 2 N–H and O–H groups in total. The minimum atomic E-state index is -1.08. The van der Waals surface area contributed by atoms with Crippen molar-refractivity contribution in [2.24, 2.45) is 0 Å². The Bertz CT molecular complexity index is 1270. The first kappa shape index (κ1) is 22.9. The van der Waals surface area contributed by atoms with E-state index < -0.39 is 18.0 Å². The average Bonchev–Trinajstić information content (AvgIpc) is 3.63. The predicted octanol–water partition coefficient (Wildman–Crippen LogP) is 5.39. The van der Waals surface area contributed by atoms with E-state index in [0.717, 1.165) is 35.1 Å². The molecule has 3 aromatic carbocycles. The van der Waals surface area contributed by atoms with Crippen molar-refractivity contribution in [2.45, 2.75) is 24.8 Å². The Morgan fingerprint density at radius 2 is 1.60 bits per heavy atom. The summed E-state index contributed by atoms with van der Waals surface area (Å²) in [6, 6.07) is 20.5. The summed E-state index contributed by atoms with van der Waals surface area (Å²) in [5.74, 6) is -1.59. The molecule has 8 heteroatoms. The molecule has 0 unspecified atom stereocenters. The fourth-order valence-electron chi connectivity index (χ4n) is 4.60. The van der Waals surface area contributed by atoms with Crippen molar-refractivity contribution in [3.63, 3.8) is 0 Å². The summed E-state index contributed by atoms with van der Waals surface area (Å²) in [6.07, 6.45) is 0.867. The summed E-state index contributed by atoms with van der Waals surface area (Å²) in [5, 5.41) is 12.1. The zero-order valence-corrected chi connectivity index (χ0v) is 19.5. The molecule has 0 bridgehead atoms. The third-order valence-corrected chi connectivity index (χ3v) is 6.51. The Morgan fingerprint density at radius 1 is 0.971 bits per heavy atom. The lowest BCUT2D eigenvalue weighted by Crippen LogP contribution is -2.37. The van der Waals surface area contributed by atoms with E-state index in [0.29, 0.717) is 5.69 Å². The van der Waals surface area contributed by atoms with Gasteiger partial charge in [-0.3, -0.25) is 14.9 Å². The lowest BCUT2D eigenvalue weighted by molar-refractivity contribution is -0.137. The van der Waals surface area contributed by atoms with Crippen molar-refractivity contribution in [2.75, 3.05) is 18.5 Å². The maximum absolute atomic E-state index is 12.9. The first-order valence-corrected chi connectivity index (χ1v) is 11.7. The van der Waals surface area contributed by atoms with Crippen LogP contribution in [0.5, 0.6) is 0 Å². The van der Waals surface area contributed by atoms with Gasteiger partial charge >= 0.3 is 12.1 Å². The summed E-state index contributed by atoms with van der Waals surface area (Å²) < 4.78 is 5.57.